The van der Waals surface area contributed by atoms with Crippen LogP contribution >= 0.6 is 0 Å². The first-order valence-electron chi connectivity index (χ1n) is 12.8. The molecule has 2 N–H and O–H groups in total. The van der Waals surface area contributed by atoms with Crippen molar-refractivity contribution in [1.29, 1.82) is 0 Å². The molecule has 1 fully saturated rings. The number of nitrogens with zero attached hydrogens (tertiary/aromatic N) is 6. The molecule has 1 aliphatic rings. The van der Waals surface area contributed by atoms with Gasteiger partial charge in [0.05, 0.1) is 24.1 Å². The Bertz CT molecular complexity index is 1530. The van der Waals surface area contributed by atoms with Gasteiger partial charge in [0.1, 0.15) is 23.6 Å². The number of aromatic nitrogens is 4. The van der Waals surface area contributed by atoms with Gasteiger partial charge in [-0.1, -0.05) is 43.0 Å². The Morgan fingerprint density at radius 1 is 1.18 bits per heavy atom. The third kappa shape index (κ3) is 5.05. The lowest BCUT2D eigenvalue weighted by molar-refractivity contribution is -0.127. The highest BCUT2D eigenvalue weighted by Crippen LogP contribution is 2.34. The standard InChI is InChI=1S/C29H31N7O3/c1-4-24(37)35-15-7-8-21(17-35)36-28-25(27(30)31-18-32-28)26(33-36)20-13-11-19(12-14-20)16-34(2)29(38)22-9-5-6-10-23(22)39-3/h4-6,9-14,18,21H,1,7-8,15-17H2,2-3H3,(H2,30,31,32)/t21-/m1/s1. The van der Waals surface area contributed by atoms with Crippen molar-refractivity contribution < 1.29 is 14.3 Å². The van der Waals surface area contributed by atoms with Crippen LogP contribution in [0, 0.1) is 0 Å². The van der Waals surface area contributed by atoms with Crippen molar-refractivity contribution in [2.45, 2.75) is 25.4 Å². The number of piperidine rings is 1. The van der Waals surface area contributed by atoms with Gasteiger partial charge in [-0.3, -0.25) is 9.59 Å². The molecule has 1 saturated heterocycles. The zero-order valence-electron chi connectivity index (χ0n) is 22.1. The molecule has 2 aromatic carbocycles. The van der Waals surface area contributed by atoms with E-state index >= 15 is 0 Å². The molecule has 1 atom stereocenters. The summed E-state index contributed by atoms with van der Waals surface area (Å²) in [6.07, 6.45) is 4.51. The quantitative estimate of drug-likeness (QED) is 0.365. The number of likely N-dealkylation sites (tertiary alicyclic amines) is 1. The van der Waals surface area contributed by atoms with Crippen molar-refractivity contribution in [2.24, 2.45) is 0 Å². The minimum Gasteiger partial charge on any atom is -0.496 e. The van der Waals surface area contributed by atoms with E-state index in [0.717, 1.165) is 24.0 Å². The fourth-order valence-electron chi connectivity index (χ4n) is 5.08. The number of methoxy groups -OCH3 is 1. The highest BCUT2D eigenvalue weighted by Gasteiger charge is 2.28. The molecule has 0 saturated carbocycles. The number of carbonyl (C=O) groups is 2. The van der Waals surface area contributed by atoms with Crippen LogP contribution in [-0.4, -0.2) is 68.6 Å². The Morgan fingerprint density at radius 2 is 1.95 bits per heavy atom. The van der Waals surface area contributed by atoms with Crippen LogP contribution in [0.3, 0.4) is 0 Å². The van der Waals surface area contributed by atoms with Crippen LogP contribution in [0.2, 0.25) is 0 Å². The molecule has 3 heterocycles. The first-order valence-corrected chi connectivity index (χ1v) is 12.8. The lowest BCUT2D eigenvalue weighted by Gasteiger charge is -2.32. The second kappa shape index (κ2) is 10.9. The zero-order chi connectivity index (χ0) is 27.5. The van der Waals surface area contributed by atoms with E-state index in [2.05, 4.69) is 16.5 Å². The summed E-state index contributed by atoms with van der Waals surface area (Å²) in [5.41, 5.74) is 9.96. The van der Waals surface area contributed by atoms with Crippen molar-refractivity contribution in [3.05, 3.63) is 78.6 Å². The number of hydrogen-bond donors (Lipinski definition) is 1. The summed E-state index contributed by atoms with van der Waals surface area (Å²) >= 11 is 0. The van der Waals surface area contributed by atoms with E-state index in [1.165, 1.54) is 12.4 Å². The lowest BCUT2D eigenvalue weighted by atomic mass is 10.1. The molecule has 5 rings (SSSR count). The third-order valence-electron chi connectivity index (χ3n) is 7.08. The van der Waals surface area contributed by atoms with Crippen LogP contribution in [0.15, 0.2) is 67.5 Å². The van der Waals surface area contributed by atoms with Crippen LogP contribution in [-0.2, 0) is 11.3 Å². The molecule has 2 aromatic heterocycles. The maximum absolute atomic E-state index is 13.0. The molecule has 0 aliphatic carbocycles. The summed E-state index contributed by atoms with van der Waals surface area (Å²) in [6, 6.07) is 15.0. The molecule has 200 valence electrons. The monoisotopic (exact) mass is 525 g/mol. The number of para-hydroxylation sites is 1. The number of benzene rings is 2. The molecule has 2 amide bonds. The van der Waals surface area contributed by atoms with Crippen LogP contribution in [0.4, 0.5) is 5.82 Å². The third-order valence-corrected chi connectivity index (χ3v) is 7.08. The number of nitrogen functional groups attached to an aromatic ring is 1. The van der Waals surface area contributed by atoms with Gasteiger partial charge in [0.25, 0.3) is 5.91 Å². The van der Waals surface area contributed by atoms with Crippen LogP contribution in [0.25, 0.3) is 22.3 Å². The predicted octanol–water partition coefficient (Wildman–Crippen LogP) is 3.71. The normalized spacial score (nSPS) is 15.2. The topological polar surface area (TPSA) is 119 Å². The Labute approximate surface area is 226 Å². The average Bonchev–Trinajstić information content (AvgIpc) is 3.37. The van der Waals surface area contributed by atoms with Gasteiger partial charge >= 0.3 is 0 Å². The summed E-state index contributed by atoms with van der Waals surface area (Å²) in [5.74, 6) is 0.683. The van der Waals surface area contributed by atoms with E-state index < -0.39 is 0 Å². The van der Waals surface area contributed by atoms with E-state index in [1.807, 2.05) is 41.1 Å². The second-order valence-corrected chi connectivity index (χ2v) is 9.59. The number of rotatable bonds is 7. The number of nitrogens with two attached hydrogens (primary N) is 1. The average molecular weight is 526 g/mol. The Kier molecular flexibility index (Phi) is 7.27. The molecule has 0 unspecified atom stereocenters. The van der Waals surface area contributed by atoms with E-state index in [4.69, 9.17) is 15.6 Å². The van der Waals surface area contributed by atoms with E-state index in [-0.39, 0.29) is 17.9 Å². The first-order chi connectivity index (χ1) is 18.9. The molecule has 39 heavy (non-hydrogen) atoms. The van der Waals surface area contributed by atoms with Gasteiger partial charge in [0.2, 0.25) is 5.91 Å². The van der Waals surface area contributed by atoms with E-state index in [1.54, 1.807) is 36.1 Å². The van der Waals surface area contributed by atoms with Crippen LogP contribution in [0.1, 0.15) is 34.8 Å². The molecule has 1 aliphatic heterocycles. The Morgan fingerprint density at radius 3 is 2.69 bits per heavy atom. The van der Waals surface area contributed by atoms with Gasteiger partial charge in [0.15, 0.2) is 5.65 Å². The number of hydrogen-bond acceptors (Lipinski definition) is 7. The van der Waals surface area contributed by atoms with Gasteiger partial charge in [-0.2, -0.15) is 5.10 Å². The summed E-state index contributed by atoms with van der Waals surface area (Å²) in [6.45, 7) is 5.26. The minimum atomic E-state index is -0.123. The summed E-state index contributed by atoms with van der Waals surface area (Å²) in [4.78, 5) is 37.4. The van der Waals surface area contributed by atoms with Crippen LogP contribution in [0.5, 0.6) is 5.75 Å². The molecule has 10 heteroatoms. The van der Waals surface area contributed by atoms with Crippen molar-refractivity contribution in [3.63, 3.8) is 0 Å². The van der Waals surface area contributed by atoms with Gasteiger partial charge in [-0.15, -0.1) is 0 Å². The molecule has 0 spiro atoms. The number of amides is 2. The van der Waals surface area contributed by atoms with Crippen molar-refractivity contribution in [1.82, 2.24) is 29.5 Å². The van der Waals surface area contributed by atoms with E-state index in [9.17, 15) is 9.59 Å². The van der Waals surface area contributed by atoms with Gasteiger partial charge in [-0.05, 0) is 36.6 Å². The first kappa shape index (κ1) is 25.9. The fraction of sp³-hybridized carbons (Fsp3) is 0.276. The molecule has 0 radical (unpaired) electrons. The predicted molar refractivity (Wildman–Crippen MR) is 149 cm³/mol. The summed E-state index contributed by atoms with van der Waals surface area (Å²) in [5, 5.41) is 5.61. The van der Waals surface area contributed by atoms with Crippen LogP contribution < -0.4 is 10.5 Å². The molecular weight excluding hydrogens is 494 g/mol. The lowest BCUT2D eigenvalue weighted by Crippen LogP contribution is -2.40. The molecular formula is C29H31N7O3. The Hall–Kier alpha value is -4.73. The zero-order valence-corrected chi connectivity index (χ0v) is 22.1. The van der Waals surface area contributed by atoms with Gasteiger partial charge < -0.3 is 20.3 Å². The maximum atomic E-state index is 13.0. The van der Waals surface area contributed by atoms with Gasteiger partial charge in [-0.25, -0.2) is 14.6 Å². The highest BCUT2D eigenvalue weighted by atomic mass is 16.5. The highest BCUT2D eigenvalue weighted by molar-refractivity contribution is 5.98. The Balaban J connectivity index is 1.41. The molecule has 0 bridgehead atoms. The van der Waals surface area contributed by atoms with Crippen molar-refractivity contribution >= 4 is 28.7 Å². The molecule has 10 nitrogen and oxygen atoms in total. The largest absolute Gasteiger partial charge is 0.496 e. The SMILES string of the molecule is C=CC(=O)N1CCC[C@@H](n2nc(-c3ccc(CN(C)C(=O)c4ccccc4OC)cc3)c3c(N)ncnc32)C1. The minimum absolute atomic E-state index is 0.0397. The second-order valence-electron chi connectivity index (χ2n) is 9.59. The molecule has 4 aromatic rings. The number of carbonyl (C=O) groups excluding carboxylic acids is 2. The summed E-state index contributed by atoms with van der Waals surface area (Å²) < 4.78 is 7.22. The number of anilines is 1. The van der Waals surface area contributed by atoms with Gasteiger partial charge in [0, 0.05) is 32.2 Å². The number of ether oxygens (including phenoxy) is 1. The fourth-order valence-corrected chi connectivity index (χ4v) is 5.08. The smallest absolute Gasteiger partial charge is 0.257 e. The van der Waals surface area contributed by atoms with Crippen molar-refractivity contribution in [2.75, 3.05) is 33.0 Å². The summed E-state index contributed by atoms with van der Waals surface area (Å²) in [7, 11) is 3.32. The number of fused-ring (bicyclic) bond motifs is 1. The van der Waals surface area contributed by atoms with Crippen molar-refractivity contribution in [3.8, 4) is 17.0 Å². The van der Waals surface area contributed by atoms with E-state index in [0.29, 0.717) is 53.5 Å². The maximum Gasteiger partial charge on any atom is 0.257 e.